The maximum atomic E-state index is 5.81. The molecule has 0 unspecified atom stereocenters. The second-order valence-electron chi connectivity index (χ2n) is 5.70. The molecule has 3 heteroatoms. The molecule has 0 atom stereocenters. The van der Waals surface area contributed by atoms with Gasteiger partial charge in [0.1, 0.15) is 0 Å². The lowest BCUT2D eigenvalue weighted by atomic mass is 9.87. The average molecular weight is 231 g/mol. The van der Waals surface area contributed by atoms with Gasteiger partial charge in [-0.3, -0.25) is 0 Å². The highest BCUT2D eigenvalue weighted by Crippen LogP contribution is 2.24. The van der Waals surface area contributed by atoms with E-state index >= 15 is 0 Å². The van der Waals surface area contributed by atoms with Crippen LogP contribution in [0.4, 0.5) is 5.69 Å². The highest BCUT2D eigenvalue weighted by atomic mass is 15.1. The Hall–Kier alpha value is -1.51. The van der Waals surface area contributed by atoms with Crippen LogP contribution >= 0.6 is 0 Å². The zero-order chi connectivity index (χ0) is 12.5. The van der Waals surface area contributed by atoms with Crippen molar-refractivity contribution in [3.8, 4) is 0 Å². The predicted molar refractivity (Wildman–Crippen MR) is 73.4 cm³/mol. The molecule has 1 aromatic carbocycles. The minimum atomic E-state index is 0.187. The molecule has 0 aromatic heterocycles. The van der Waals surface area contributed by atoms with Crippen molar-refractivity contribution >= 4 is 11.6 Å². The van der Waals surface area contributed by atoms with Gasteiger partial charge in [-0.15, -0.1) is 0 Å². The summed E-state index contributed by atoms with van der Waals surface area (Å²) in [6.45, 7) is 6.62. The molecule has 0 aliphatic heterocycles. The first-order valence-electron chi connectivity index (χ1n) is 6.16. The summed E-state index contributed by atoms with van der Waals surface area (Å²) in [6.07, 6.45) is 2.34. The fourth-order valence-electron chi connectivity index (χ4n) is 1.63. The van der Waals surface area contributed by atoms with Crippen molar-refractivity contribution in [3.63, 3.8) is 0 Å². The smallest absolute Gasteiger partial charge is 0.193 e. The standard InChI is InChI=1S/C14H21N3/c1-14(2,3)10-4-6-11(7-5-10)16-13(15)17-12-8-9-12/h4-7,12H,8-9H2,1-3H3,(H3,15,16,17). The number of guanidine groups is 1. The summed E-state index contributed by atoms with van der Waals surface area (Å²) < 4.78 is 0. The summed E-state index contributed by atoms with van der Waals surface area (Å²) in [5.74, 6) is 0.524. The van der Waals surface area contributed by atoms with Crippen LogP contribution in [0.3, 0.4) is 0 Å². The highest BCUT2D eigenvalue weighted by molar-refractivity contribution is 5.92. The number of nitrogens with one attached hydrogen (secondary N) is 1. The molecule has 17 heavy (non-hydrogen) atoms. The summed E-state index contributed by atoms with van der Waals surface area (Å²) in [5.41, 5.74) is 8.32. The first-order chi connectivity index (χ1) is 7.95. The number of nitrogens with zero attached hydrogens (tertiary/aromatic N) is 1. The molecule has 1 fully saturated rings. The van der Waals surface area contributed by atoms with Crippen molar-refractivity contribution < 1.29 is 0 Å². The van der Waals surface area contributed by atoms with Crippen LogP contribution in [0, 0.1) is 0 Å². The fraction of sp³-hybridized carbons (Fsp3) is 0.500. The molecule has 0 amide bonds. The number of benzene rings is 1. The lowest BCUT2D eigenvalue weighted by molar-refractivity contribution is 0.590. The van der Waals surface area contributed by atoms with E-state index in [1.165, 1.54) is 18.4 Å². The molecule has 3 N–H and O–H groups in total. The van der Waals surface area contributed by atoms with Gasteiger partial charge >= 0.3 is 0 Å². The molecule has 0 heterocycles. The molecule has 2 rings (SSSR count). The van der Waals surface area contributed by atoms with Crippen LogP contribution in [0.25, 0.3) is 0 Å². The van der Waals surface area contributed by atoms with Gasteiger partial charge in [-0.05, 0) is 36.0 Å². The van der Waals surface area contributed by atoms with Gasteiger partial charge in [0.25, 0.3) is 0 Å². The largest absolute Gasteiger partial charge is 0.370 e. The number of rotatable bonds is 2. The van der Waals surface area contributed by atoms with Crippen molar-refractivity contribution in [1.29, 1.82) is 0 Å². The minimum Gasteiger partial charge on any atom is -0.370 e. The molecule has 0 radical (unpaired) electrons. The summed E-state index contributed by atoms with van der Waals surface area (Å²) in [4.78, 5) is 4.34. The third-order valence-corrected chi connectivity index (χ3v) is 2.89. The zero-order valence-electron chi connectivity index (χ0n) is 10.8. The van der Waals surface area contributed by atoms with E-state index in [1.807, 2.05) is 0 Å². The van der Waals surface area contributed by atoms with Gasteiger partial charge in [-0.2, -0.15) is 0 Å². The molecule has 0 spiro atoms. The monoisotopic (exact) mass is 231 g/mol. The van der Waals surface area contributed by atoms with Crippen LogP contribution in [-0.2, 0) is 5.41 Å². The van der Waals surface area contributed by atoms with Crippen LogP contribution in [0.15, 0.2) is 29.3 Å². The summed E-state index contributed by atoms with van der Waals surface area (Å²) in [5, 5.41) is 3.12. The van der Waals surface area contributed by atoms with Crippen LogP contribution in [0.5, 0.6) is 0 Å². The van der Waals surface area contributed by atoms with E-state index in [0.29, 0.717) is 12.0 Å². The summed E-state index contributed by atoms with van der Waals surface area (Å²) >= 11 is 0. The lowest BCUT2D eigenvalue weighted by Gasteiger charge is -2.19. The van der Waals surface area contributed by atoms with Crippen LogP contribution in [0.2, 0.25) is 0 Å². The SMILES string of the molecule is CC(C)(C)c1ccc(NC(N)=NC2CC2)cc1. The molecule has 1 saturated carbocycles. The van der Waals surface area contributed by atoms with E-state index in [9.17, 15) is 0 Å². The van der Waals surface area contributed by atoms with E-state index < -0.39 is 0 Å². The fourth-order valence-corrected chi connectivity index (χ4v) is 1.63. The number of anilines is 1. The van der Waals surface area contributed by atoms with Gasteiger partial charge in [0.2, 0.25) is 0 Å². The molecule has 1 aliphatic carbocycles. The number of hydrogen-bond acceptors (Lipinski definition) is 1. The molecular weight excluding hydrogens is 210 g/mol. The van der Waals surface area contributed by atoms with E-state index in [1.54, 1.807) is 0 Å². The Labute approximate surface area is 103 Å². The topological polar surface area (TPSA) is 50.4 Å². The second-order valence-corrected chi connectivity index (χ2v) is 5.70. The molecule has 0 bridgehead atoms. The predicted octanol–water partition coefficient (Wildman–Crippen LogP) is 2.87. The third-order valence-electron chi connectivity index (χ3n) is 2.89. The van der Waals surface area contributed by atoms with Crippen molar-refractivity contribution in [3.05, 3.63) is 29.8 Å². The maximum absolute atomic E-state index is 5.81. The Morgan fingerprint density at radius 3 is 2.29 bits per heavy atom. The Bertz CT molecular complexity index is 408. The van der Waals surface area contributed by atoms with Gasteiger partial charge in [0.05, 0.1) is 6.04 Å². The Morgan fingerprint density at radius 2 is 1.82 bits per heavy atom. The van der Waals surface area contributed by atoms with Gasteiger partial charge in [0.15, 0.2) is 5.96 Å². The van der Waals surface area contributed by atoms with Crippen LogP contribution in [-0.4, -0.2) is 12.0 Å². The van der Waals surface area contributed by atoms with Gasteiger partial charge < -0.3 is 11.1 Å². The molecule has 3 nitrogen and oxygen atoms in total. The Kier molecular flexibility index (Phi) is 3.09. The van der Waals surface area contributed by atoms with Crippen molar-refractivity contribution in [2.24, 2.45) is 10.7 Å². The lowest BCUT2D eigenvalue weighted by Crippen LogP contribution is -2.23. The number of hydrogen-bond donors (Lipinski definition) is 2. The van der Waals surface area contributed by atoms with Gasteiger partial charge in [-0.25, -0.2) is 4.99 Å². The minimum absolute atomic E-state index is 0.187. The van der Waals surface area contributed by atoms with Crippen molar-refractivity contribution in [1.82, 2.24) is 0 Å². The molecule has 1 aliphatic rings. The maximum Gasteiger partial charge on any atom is 0.193 e. The van der Waals surface area contributed by atoms with E-state index in [-0.39, 0.29) is 5.41 Å². The van der Waals surface area contributed by atoms with Crippen molar-refractivity contribution in [2.45, 2.75) is 45.1 Å². The van der Waals surface area contributed by atoms with Gasteiger partial charge in [0, 0.05) is 5.69 Å². The third kappa shape index (κ3) is 3.48. The zero-order valence-corrected chi connectivity index (χ0v) is 10.8. The van der Waals surface area contributed by atoms with Crippen LogP contribution < -0.4 is 11.1 Å². The average Bonchev–Trinajstić information content (AvgIpc) is 3.01. The quantitative estimate of drug-likeness (QED) is 0.607. The first kappa shape index (κ1) is 12.0. The van der Waals surface area contributed by atoms with E-state index in [0.717, 1.165) is 5.69 Å². The second kappa shape index (κ2) is 4.40. The molecular formula is C14H21N3. The molecule has 92 valence electrons. The Balaban J connectivity index is 2.02. The van der Waals surface area contributed by atoms with Crippen molar-refractivity contribution in [2.75, 3.05) is 5.32 Å². The van der Waals surface area contributed by atoms with Crippen LogP contribution in [0.1, 0.15) is 39.2 Å². The Morgan fingerprint density at radius 1 is 1.24 bits per heavy atom. The molecule has 1 aromatic rings. The molecule has 0 saturated heterocycles. The number of nitrogens with two attached hydrogens (primary N) is 1. The normalized spacial score (nSPS) is 17.0. The highest BCUT2D eigenvalue weighted by Gasteiger charge is 2.20. The van der Waals surface area contributed by atoms with E-state index in [4.69, 9.17) is 5.73 Å². The summed E-state index contributed by atoms with van der Waals surface area (Å²) in [6, 6.07) is 8.82. The number of aliphatic imine (C=N–C) groups is 1. The van der Waals surface area contributed by atoms with Gasteiger partial charge in [-0.1, -0.05) is 32.9 Å². The summed E-state index contributed by atoms with van der Waals surface area (Å²) in [7, 11) is 0. The van der Waals surface area contributed by atoms with E-state index in [2.05, 4.69) is 55.3 Å². The first-order valence-corrected chi connectivity index (χ1v) is 6.16.